The van der Waals surface area contributed by atoms with Gasteiger partial charge >= 0.3 is 0 Å². The van der Waals surface area contributed by atoms with Crippen LogP contribution in [0.5, 0.6) is 0 Å². The van der Waals surface area contributed by atoms with E-state index >= 15 is 0 Å². The lowest BCUT2D eigenvalue weighted by molar-refractivity contribution is -0.145. The van der Waals surface area contributed by atoms with Crippen LogP contribution in [0.2, 0.25) is 0 Å². The first-order valence-corrected chi connectivity index (χ1v) is 10.1. The normalized spacial score (nSPS) is 35.8. The van der Waals surface area contributed by atoms with E-state index in [0.717, 1.165) is 26.2 Å². The summed E-state index contributed by atoms with van der Waals surface area (Å²) in [6.07, 6.45) is 8.80. The molecule has 2 unspecified atom stereocenters. The summed E-state index contributed by atoms with van der Waals surface area (Å²) in [6.45, 7) is 3.75. The largest absolute Gasteiger partial charge is 0.314 e. The van der Waals surface area contributed by atoms with Crippen molar-refractivity contribution < 1.29 is 4.79 Å². The Morgan fingerprint density at radius 1 is 1.08 bits per heavy atom. The number of nitriles is 1. The fourth-order valence-corrected chi connectivity index (χ4v) is 5.76. The fourth-order valence-electron chi connectivity index (χ4n) is 4.36. The highest BCUT2D eigenvalue weighted by Gasteiger charge is 2.43. The van der Waals surface area contributed by atoms with Gasteiger partial charge in [-0.3, -0.25) is 9.69 Å². The Morgan fingerprint density at radius 3 is 2.67 bits per heavy atom. The van der Waals surface area contributed by atoms with Crippen LogP contribution in [0.1, 0.15) is 32.1 Å². The van der Waals surface area contributed by atoms with Crippen molar-refractivity contribution >= 4 is 17.7 Å². The number of thioether (sulfide) groups is 1. The molecule has 1 saturated carbocycles. The maximum Gasteiger partial charge on any atom is 0.243 e. The van der Waals surface area contributed by atoms with E-state index in [-0.39, 0.29) is 17.4 Å². The van der Waals surface area contributed by atoms with Crippen molar-refractivity contribution in [2.75, 3.05) is 32.7 Å². The Morgan fingerprint density at radius 2 is 1.88 bits per heavy atom. The van der Waals surface area contributed by atoms with Crippen molar-refractivity contribution in [1.82, 2.24) is 25.6 Å². The molecule has 0 aromatic carbocycles. The molecular formula is C16H26N6OS. The third-order valence-corrected chi connectivity index (χ3v) is 7.24. The lowest BCUT2D eigenvalue weighted by Crippen LogP contribution is -2.66. The molecule has 3 heterocycles. The Balaban J connectivity index is 1.38. The van der Waals surface area contributed by atoms with E-state index in [1.165, 1.54) is 32.1 Å². The van der Waals surface area contributed by atoms with Crippen LogP contribution in [0.3, 0.4) is 0 Å². The first-order valence-electron chi connectivity index (χ1n) is 9.12. The van der Waals surface area contributed by atoms with Gasteiger partial charge in [-0.15, -0.1) is 0 Å². The number of carbonyl (C=O) groups excluding carboxylic acids is 1. The van der Waals surface area contributed by atoms with Crippen LogP contribution in [-0.4, -0.2) is 70.2 Å². The number of hydrogen-bond acceptors (Lipinski definition) is 7. The number of hydrogen-bond donors (Lipinski definition) is 2. The van der Waals surface area contributed by atoms with E-state index in [0.29, 0.717) is 17.8 Å². The highest BCUT2D eigenvalue weighted by Crippen LogP contribution is 2.36. The summed E-state index contributed by atoms with van der Waals surface area (Å²) in [5, 5.41) is 9.54. The SMILES string of the molecule is N#CN1CCN2CCN(C3NNC(C4CCCCC4)S3)C(=O)[C@H]2C1. The molecule has 7 nitrogen and oxygen atoms in total. The number of nitrogens with one attached hydrogen (secondary N) is 2. The third kappa shape index (κ3) is 3.10. The van der Waals surface area contributed by atoms with E-state index in [1.807, 2.05) is 16.7 Å². The first kappa shape index (κ1) is 16.5. The lowest BCUT2D eigenvalue weighted by Gasteiger charge is -2.46. The standard InChI is InChI=1S/C16H26N6OS/c17-11-20-6-7-21-8-9-22(15(23)13(21)10-20)16-19-18-14(24-16)12-4-2-1-3-5-12/h12-14,16,18-19H,1-10H2/t13-,14?,16?/m1/s1. The van der Waals surface area contributed by atoms with Crippen LogP contribution < -0.4 is 10.9 Å². The van der Waals surface area contributed by atoms with Gasteiger partial charge in [0.25, 0.3) is 0 Å². The lowest BCUT2D eigenvalue weighted by atomic mass is 9.89. The Labute approximate surface area is 147 Å². The van der Waals surface area contributed by atoms with E-state index in [2.05, 4.69) is 21.9 Å². The van der Waals surface area contributed by atoms with Crippen molar-refractivity contribution in [1.29, 1.82) is 5.26 Å². The fraction of sp³-hybridized carbons (Fsp3) is 0.875. The molecule has 0 spiro atoms. The summed E-state index contributed by atoms with van der Waals surface area (Å²) >= 11 is 1.86. The maximum atomic E-state index is 13.0. The molecule has 1 amide bonds. The number of amides is 1. The molecule has 0 radical (unpaired) electrons. The molecule has 3 aliphatic heterocycles. The minimum absolute atomic E-state index is 0.0176. The highest BCUT2D eigenvalue weighted by molar-refractivity contribution is 8.00. The van der Waals surface area contributed by atoms with Gasteiger partial charge < -0.3 is 9.80 Å². The Bertz CT molecular complexity index is 519. The second-order valence-electron chi connectivity index (χ2n) is 7.23. The van der Waals surface area contributed by atoms with Crippen molar-refractivity contribution in [3.8, 4) is 6.19 Å². The average Bonchev–Trinajstić information content (AvgIpc) is 3.12. The Hall–Kier alpha value is -1.01. The van der Waals surface area contributed by atoms with Gasteiger partial charge in [0.2, 0.25) is 5.91 Å². The molecule has 0 aromatic heterocycles. The quantitative estimate of drug-likeness (QED) is 0.695. The number of hydrazine groups is 1. The number of piperazine rings is 2. The maximum absolute atomic E-state index is 13.0. The van der Waals surface area contributed by atoms with Crippen LogP contribution in [0, 0.1) is 17.4 Å². The number of nitrogens with zero attached hydrogens (tertiary/aromatic N) is 4. The van der Waals surface area contributed by atoms with Gasteiger partial charge in [0, 0.05) is 26.2 Å². The summed E-state index contributed by atoms with van der Waals surface area (Å²) in [5.74, 6) is 0.874. The average molecular weight is 350 g/mol. The minimum Gasteiger partial charge on any atom is -0.314 e. The van der Waals surface area contributed by atoms with Gasteiger partial charge in [-0.25, -0.2) is 10.9 Å². The molecule has 0 bridgehead atoms. The van der Waals surface area contributed by atoms with Gasteiger partial charge in [0.15, 0.2) is 6.19 Å². The molecule has 3 atom stereocenters. The van der Waals surface area contributed by atoms with E-state index in [9.17, 15) is 4.79 Å². The molecule has 2 N–H and O–H groups in total. The summed E-state index contributed by atoms with van der Waals surface area (Å²) in [5.41, 5.74) is 6.79. The molecule has 132 valence electrons. The molecular weight excluding hydrogens is 324 g/mol. The van der Waals surface area contributed by atoms with Gasteiger partial charge in [0.05, 0.1) is 11.9 Å². The highest BCUT2D eigenvalue weighted by atomic mass is 32.2. The van der Waals surface area contributed by atoms with E-state index < -0.39 is 0 Å². The zero-order valence-corrected chi connectivity index (χ0v) is 14.8. The first-order chi connectivity index (χ1) is 11.8. The van der Waals surface area contributed by atoms with Crippen LogP contribution in [0.4, 0.5) is 0 Å². The van der Waals surface area contributed by atoms with Gasteiger partial charge in [-0.2, -0.15) is 5.26 Å². The van der Waals surface area contributed by atoms with Crippen LogP contribution in [0.15, 0.2) is 0 Å². The Kier molecular flexibility index (Phi) is 4.86. The molecule has 4 rings (SSSR count). The van der Waals surface area contributed by atoms with Crippen molar-refractivity contribution in [3.05, 3.63) is 0 Å². The summed E-state index contributed by atoms with van der Waals surface area (Å²) in [7, 11) is 0. The molecule has 1 aliphatic carbocycles. The van der Waals surface area contributed by atoms with Crippen LogP contribution >= 0.6 is 11.8 Å². The van der Waals surface area contributed by atoms with E-state index in [4.69, 9.17) is 5.26 Å². The monoisotopic (exact) mass is 350 g/mol. The molecule has 8 heteroatoms. The molecule has 3 saturated heterocycles. The predicted molar refractivity (Wildman–Crippen MR) is 92.3 cm³/mol. The van der Waals surface area contributed by atoms with Crippen molar-refractivity contribution in [2.45, 2.75) is 49.0 Å². The molecule has 4 fully saturated rings. The molecule has 0 aromatic rings. The van der Waals surface area contributed by atoms with Crippen LogP contribution in [-0.2, 0) is 4.79 Å². The topological polar surface area (TPSA) is 74.6 Å². The minimum atomic E-state index is -0.164. The van der Waals surface area contributed by atoms with Crippen molar-refractivity contribution in [3.63, 3.8) is 0 Å². The third-order valence-electron chi connectivity index (χ3n) is 5.81. The van der Waals surface area contributed by atoms with Crippen molar-refractivity contribution in [2.24, 2.45) is 5.92 Å². The summed E-state index contributed by atoms with van der Waals surface area (Å²) < 4.78 is 0. The summed E-state index contributed by atoms with van der Waals surface area (Å²) in [4.78, 5) is 18.9. The van der Waals surface area contributed by atoms with Gasteiger partial charge in [0.1, 0.15) is 11.5 Å². The number of carbonyl (C=O) groups is 1. The zero-order chi connectivity index (χ0) is 16.5. The van der Waals surface area contributed by atoms with Gasteiger partial charge in [-0.05, 0) is 18.8 Å². The summed E-state index contributed by atoms with van der Waals surface area (Å²) in [6, 6.07) is -0.164. The second-order valence-corrected chi connectivity index (χ2v) is 8.45. The number of rotatable bonds is 2. The zero-order valence-electron chi connectivity index (χ0n) is 14.0. The van der Waals surface area contributed by atoms with E-state index in [1.54, 1.807) is 4.90 Å². The van der Waals surface area contributed by atoms with Gasteiger partial charge in [-0.1, -0.05) is 31.0 Å². The second kappa shape index (κ2) is 7.08. The molecule has 4 aliphatic rings. The smallest absolute Gasteiger partial charge is 0.243 e. The molecule has 24 heavy (non-hydrogen) atoms. The predicted octanol–water partition coefficient (Wildman–Crippen LogP) is 0.327. The number of fused-ring (bicyclic) bond motifs is 1. The van der Waals surface area contributed by atoms with Crippen LogP contribution in [0.25, 0.3) is 0 Å².